The van der Waals surface area contributed by atoms with E-state index in [9.17, 15) is 0 Å². The van der Waals surface area contributed by atoms with Crippen molar-refractivity contribution in [2.75, 3.05) is 11.5 Å². The summed E-state index contributed by atoms with van der Waals surface area (Å²) in [6.45, 7) is 4.19. The van der Waals surface area contributed by atoms with Crippen LogP contribution in [0, 0.1) is 0 Å². The van der Waals surface area contributed by atoms with Crippen molar-refractivity contribution in [3.05, 3.63) is 60.2 Å². The summed E-state index contributed by atoms with van der Waals surface area (Å²) in [5.74, 6) is 0.650. The second-order valence-corrected chi connectivity index (χ2v) is 4.03. The highest BCUT2D eigenvalue weighted by atomic mass is 16.5. The zero-order valence-corrected chi connectivity index (χ0v) is 10.1. The van der Waals surface area contributed by atoms with Crippen molar-refractivity contribution in [3.63, 3.8) is 0 Å². The topological polar surface area (TPSA) is 61.3 Å². The summed E-state index contributed by atoms with van der Waals surface area (Å²) in [4.78, 5) is 0. The third-order valence-corrected chi connectivity index (χ3v) is 2.64. The van der Waals surface area contributed by atoms with Gasteiger partial charge in [0.1, 0.15) is 12.4 Å². The van der Waals surface area contributed by atoms with Crippen LogP contribution in [0.3, 0.4) is 0 Å². The van der Waals surface area contributed by atoms with Crippen LogP contribution in [-0.4, -0.2) is 0 Å². The van der Waals surface area contributed by atoms with Gasteiger partial charge in [-0.1, -0.05) is 36.9 Å². The second-order valence-electron chi connectivity index (χ2n) is 4.03. The highest BCUT2D eigenvalue weighted by Gasteiger charge is 2.01. The minimum absolute atomic E-state index is 0.478. The SMILES string of the molecule is C=Cc1ccc(COc2ccc(N)cc2N)cc1. The van der Waals surface area contributed by atoms with Crippen LogP contribution in [0.5, 0.6) is 5.75 Å². The number of rotatable bonds is 4. The molecule has 0 saturated heterocycles. The lowest BCUT2D eigenvalue weighted by Gasteiger charge is -2.09. The molecular weight excluding hydrogens is 224 g/mol. The molecule has 0 heterocycles. The molecule has 2 rings (SSSR count). The maximum Gasteiger partial charge on any atom is 0.142 e. The van der Waals surface area contributed by atoms with Crippen LogP contribution in [0.1, 0.15) is 11.1 Å². The van der Waals surface area contributed by atoms with Gasteiger partial charge in [0, 0.05) is 5.69 Å². The molecule has 0 radical (unpaired) electrons. The van der Waals surface area contributed by atoms with Crippen LogP contribution in [0.2, 0.25) is 0 Å². The highest BCUT2D eigenvalue weighted by molar-refractivity contribution is 5.60. The lowest BCUT2D eigenvalue weighted by Crippen LogP contribution is -1.99. The molecule has 2 aromatic carbocycles. The summed E-state index contributed by atoms with van der Waals surface area (Å²) >= 11 is 0. The fraction of sp³-hybridized carbons (Fsp3) is 0.0667. The Morgan fingerprint density at radius 2 is 1.78 bits per heavy atom. The van der Waals surface area contributed by atoms with Gasteiger partial charge in [-0.15, -0.1) is 0 Å². The maximum absolute atomic E-state index is 5.81. The Bertz CT molecular complexity index is 547. The lowest BCUT2D eigenvalue weighted by molar-refractivity contribution is 0.308. The number of nitrogens with two attached hydrogens (primary N) is 2. The molecule has 0 aliphatic rings. The van der Waals surface area contributed by atoms with Crippen LogP contribution in [0.4, 0.5) is 11.4 Å². The molecule has 0 atom stereocenters. The molecule has 92 valence electrons. The van der Waals surface area contributed by atoms with E-state index in [0.717, 1.165) is 11.1 Å². The van der Waals surface area contributed by atoms with Gasteiger partial charge in [0.05, 0.1) is 5.69 Å². The van der Waals surface area contributed by atoms with Gasteiger partial charge in [-0.2, -0.15) is 0 Å². The summed E-state index contributed by atoms with van der Waals surface area (Å²) in [5, 5.41) is 0. The standard InChI is InChI=1S/C15H16N2O/c1-2-11-3-5-12(6-4-11)10-18-15-8-7-13(16)9-14(15)17/h2-9H,1,10,16-17H2. The van der Waals surface area contributed by atoms with E-state index < -0.39 is 0 Å². The van der Waals surface area contributed by atoms with E-state index in [2.05, 4.69) is 6.58 Å². The minimum Gasteiger partial charge on any atom is -0.487 e. The highest BCUT2D eigenvalue weighted by Crippen LogP contribution is 2.24. The van der Waals surface area contributed by atoms with Gasteiger partial charge < -0.3 is 16.2 Å². The smallest absolute Gasteiger partial charge is 0.142 e. The van der Waals surface area contributed by atoms with Crippen LogP contribution in [0.15, 0.2) is 49.0 Å². The fourth-order valence-electron chi connectivity index (χ4n) is 1.61. The maximum atomic E-state index is 5.81. The molecule has 0 amide bonds. The van der Waals surface area contributed by atoms with Gasteiger partial charge in [0.25, 0.3) is 0 Å². The van der Waals surface area contributed by atoms with Crippen molar-refractivity contribution in [1.29, 1.82) is 0 Å². The van der Waals surface area contributed by atoms with Crippen LogP contribution >= 0.6 is 0 Å². The minimum atomic E-state index is 0.478. The van der Waals surface area contributed by atoms with E-state index in [4.69, 9.17) is 16.2 Å². The molecule has 0 saturated carbocycles. The Kier molecular flexibility index (Phi) is 3.53. The number of nitrogen functional groups attached to an aromatic ring is 2. The Morgan fingerprint density at radius 1 is 1.06 bits per heavy atom. The first-order valence-corrected chi connectivity index (χ1v) is 5.68. The van der Waals surface area contributed by atoms with E-state index in [1.165, 1.54) is 0 Å². The van der Waals surface area contributed by atoms with E-state index >= 15 is 0 Å². The average molecular weight is 240 g/mol. The Hall–Kier alpha value is -2.42. The molecule has 0 aliphatic carbocycles. The van der Waals surface area contributed by atoms with Gasteiger partial charge in [-0.05, 0) is 29.3 Å². The molecule has 3 nitrogen and oxygen atoms in total. The van der Waals surface area contributed by atoms with Gasteiger partial charge >= 0.3 is 0 Å². The van der Waals surface area contributed by atoms with E-state index in [1.807, 2.05) is 30.3 Å². The summed E-state index contributed by atoms with van der Waals surface area (Å²) in [7, 11) is 0. The Labute approximate surface area is 107 Å². The van der Waals surface area contributed by atoms with Crippen LogP contribution in [-0.2, 0) is 6.61 Å². The Morgan fingerprint density at radius 3 is 2.39 bits per heavy atom. The number of benzene rings is 2. The number of hydrogen-bond acceptors (Lipinski definition) is 3. The molecule has 0 spiro atoms. The number of anilines is 2. The Balaban J connectivity index is 2.04. The zero-order valence-electron chi connectivity index (χ0n) is 10.1. The van der Waals surface area contributed by atoms with Crippen molar-refractivity contribution >= 4 is 17.5 Å². The molecule has 2 aromatic rings. The molecule has 18 heavy (non-hydrogen) atoms. The molecule has 3 heteroatoms. The molecule has 0 aliphatic heterocycles. The van der Waals surface area contributed by atoms with Crippen molar-refractivity contribution in [3.8, 4) is 5.75 Å². The summed E-state index contributed by atoms with van der Waals surface area (Å²) in [6, 6.07) is 13.2. The zero-order chi connectivity index (χ0) is 13.0. The molecule has 0 bridgehead atoms. The first kappa shape index (κ1) is 12.0. The van der Waals surface area contributed by atoms with Crippen molar-refractivity contribution in [2.45, 2.75) is 6.61 Å². The van der Waals surface area contributed by atoms with Crippen molar-refractivity contribution in [2.24, 2.45) is 0 Å². The first-order valence-electron chi connectivity index (χ1n) is 5.68. The summed E-state index contributed by atoms with van der Waals surface area (Å²) in [6.07, 6.45) is 1.81. The summed E-state index contributed by atoms with van der Waals surface area (Å²) in [5.41, 5.74) is 14.8. The molecule has 0 fully saturated rings. The molecule has 0 unspecified atom stereocenters. The normalized spacial score (nSPS) is 10.0. The van der Waals surface area contributed by atoms with Crippen LogP contribution in [0.25, 0.3) is 6.08 Å². The third-order valence-electron chi connectivity index (χ3n) is 2.64. The average Bonchev–Trinajstić information content (AvgIpc) is 2.38. The number of hydrogen-bond donors (Lipinski definition) is 2. The molecule has 4 N–H and O–H groups in total. The second kappa shape index (κ2) is 5.27. The van der Waals surface area contributed by atoms with E-state index in [0.29, 0.717) is 23.7 Å². The van der Waals surface area contributed by atoms with Gasteiger partial charge in [0.2, 0.25) is 0 Å². The molecule has 0 aromatic heterocycles. The predicted molar refractivity (Wildman–Crippen MR) is 76.1 cm³/mol. The summed E-state index contributed by atoms with van der Waals surface area (Å²) < 4.78 is 5.64. The van der Waals surface area contributed by atoms with Gasteiger partial charge in [-0.3, -0.25) is 0 Å². The van der Waals surface area contributed by atoms with Crippen molar-refractivity contribution in [1.82, 2.24) is 0 Å². The largest absolute Gasteiger partial charge is 0.487 e. The predicted octanol–water partition coefficient (Wildman–Crippen LogP) is 3.07. The molecular formula is C15H16N2O. The quantitative estimate of drug-likeness (QED) is 0.807. The van der Waals surface area contributed by atoms with E-state index in [1.54, 1.807) is 18.2 Å². The van der Waals surface area contributed by atoms with Gasteiger partial charge in [-0.25, -0.2) is 0 Å². The van der Waals surface area contributed by atoms with Crippen molar-refractivity contribution < 1.29 is 4.74 Å². The van der Waals surface area contributed by atoms with Gasteiger partial charge in [0.15, 0.2) is 0 Å². The van der Waals surface area contributed by atoms with Crippen LogP contribution < -0.4 is 16.2 Å². The fourth-order valence-corrected chi connectivity index (χ4v) is 1.61. The third kappa shape index (κ3) is 2.83. The van der Waals surface area contributed by atoms with E-state index in [-0.39, 0.29) is 0 Å². The number of ether oxygens (including phenoxy) is 1. The first-order chi connectivity index (χ1) is 8.69. The lowest BCUT2D eigenvalue weighted by atomic mass is 10.1. The monoisotopic (exact) mass is 240 g/mol.